The van der Waals surface area contributed by atoms with Crippen molar-refractivity contribution in [3.8, 4) is 0 Å². The summed E-state index contributed by atoms with van der Waals surface area (Å²) in [6.07, 6.45) is 12.1. The molecular weight excluding hydrogens is 324 g/mol. The Hall–Kier alpha value is -0.120. The van der Waals surface area contributed by atoms with Gasteiger partial charge in [0.2, 0.25) is 0 Å². The fourth-order valence-electron chi connectivity index (χ4n) is 8.64. The van der Waals surface area contributed by atoms with Crippen LogP contribution in [0.3, 0.4) is 0 Å². The fourth-order valence-corrected chi connectivity index (χ4v) is 8.64. The highest BCUT2D eigenvalue weighted by Crippen LogP contribution is 2.66. The molecule has 4 aliphatic carbocycles. The molecule has 4 saturated carbocycles. The summed E-state index contributed by atoms with van der Waals surface area (Å²) in [5, 5.41) is 21.3. The van der Waals surface area contributed by atoms with E-state index in [4.69, 9.17) is 4.74 Å². The minimum Gasteiger partial charge on any atom is -0.393 e. The third-order valence-corrected chi connectivity index (χ3v) is 9.54. The van der Waals surface area contributed by atoms with Crippen LogP contribution in [0.5, 0.6) is 0 Å². The molecular formula is C23H40O3. The van der Waals surface area contributed by atoms with E-state index in [0.29, 0.717) is 23.9 Å². The van der Waals surface area contributed by atoms with Crippen LogP contribution >= 0.6 is 0 Å². The highest BCUT2D eigenvalue weighted by Gasteiger charge is 2.59. The van der Waals surface area contributed by atoms with Crippen LogP contribution in [0.15, 0.2) is 0 Å². The summed E-state index contributed by atoms with van der Waals surface area (Å²) in [7, 11) is 1.71. The molecule has 4 rings (SSSR count). The van der Waals surface area contributed by atoms with E-state index in [2.05, 4.69) is 6.92 Å². The Bertz CT molecular complexity index is 506. The molecule has 150 valence electrons. The molecule has 4 aliphatic rings. The summed E-state index contributed by atoms with van der Waals surface area (Å²) in [6, 6.07) is 0. The zero-order chi connectivity index (χ0) is 18.5. The van der Waals surface area contributed by atoms with Crippen LogP contribution in [0.1, 0.15) is 78.1 Å². The normalized spacial score (nSPS) is 52.0. The van der Waals surface area contributed by atoms with Crippen LogP contribution in [0.25, 0.3) is 0 Å². The van der Waals surface area contributed by atoms with Crippen LogP contribution in [0, 0.1) is 40.9 Å². The second kappa shape index (κ2) is 7.04. The van der Waals surface area contributed by atoms with Crippen molar-refractivity contribution in [3.05, 3.63) is 0 Å². The smallest absolute Gasteiger partial charge is 0.0882 e. The molecule has 0 amide bonds. The molecule has 0 aromatic carbocycles. The first kappa shape index (κ1) is 19.2. The zero-order valence-corrected chi connectivity index (χ0v) is 17.1. The number of hydrogen-bond donors (Lipinski definition) is 2. The van der Waals surface area contributed by atoms with Crippen LogP contribution in [0.4, 0.5) is 0 Å². The van der Waals surface area contributed by atoms with Gasteiger partial charge in [0.15, 0.2) is 0 Å². The number of hydrogen-bond acceptors (Lipinski definition) is 3. The fraction of sp³-hybridized carbons (Fsp3) is 1.00. The monoisotopic (exact) mass is 364 g/mol. The topological polar surface area (TPSA) is 49.7 Å². The standard InChI is InChI=1S/C23H40O3/c1-4-23-12-10-18-17-9-11-22(25,14-26-3)13-16(17)5-6-19(18)21(23)8-7-20(23)15(2)24/h15-21,24-25H,4-14H2,1-3H3/t15?,16-,17+,18-,19-,20-,21+,22-,23-/m1/s1. The van der Waals surface area contributed by atoms with Crippen LogP contribution in [-0.2, 0) is 4.74 Å². The van der Waals surface area contributed by atoms with Crippen molar-refractivity contribution < 1.29 is 14.9 Å². The first-order valence-electron chi connectivity index (χ1n) is 11.3. The Labute approximate surface area is 159 Å². The molecule has 2 N–H and O–H groups in total. The molecule has 0 aromatic heterocycles. The van der Waals surface area contributed by atoms with Crippen LogP contribution in [0.2, 0.25) is 0 Å². The first-order chi connectivity index (χ1) is 12.4. The number of fused-ring (bicyclic) bond motifs is 5. The second-order valence-corrected chi connectivity index (χ2v) is 10.4. The Balaban J connectivity index is 1.52. The van der Waals surface area contributed by atoms with Gasteiger partial charge >= 0.3 is 0 Å². The molecule has 0 radical (unpaired) electrons. The van der Waals surface area contributed by atoms with E-state index in [-0.39, 0.29) is 6.10 Å². The lowest BCUT2D eigenvalue weighted by molar-refractivity contribution is -0.131. The van der Waals surface area contributed by atoms with Gasteiger partial charge in [-0.25, -0.2) is 0 Å². The molecule has 0 spiro atoms. The molecule has 3 heteroatoms. The van der Waals surface area contributed by atoms with E-state index in [9.17, 15) is 10.2 Å². The summed E-state index contributed by atoms with van der Waals surface area (Å²) in [4.78, 5) is 0. The third-order valence-electron chi connectivity index (χ3n) is 9.54. The van der Waals surface area contributed by atoms with Gasteiger partial charge in [-0.15, -0.1) is 0 Å². The average Bonchev–Trinajstić information content (AvgIpc) is 3.01. The van der Waals surface area contributed by atoms with E-state index < -0.39 is 5.60 Å². The van der Waals surface area contributed by atoms with Crippen molar-refractivity contribution in [3.63, 3.8) is 0 Å². The average molecular weight is 365 g/mol. The summed E-state index contributed by atoms with van der Waals surface area (Å²) < 4.78 is 5.32. The number of aliphatic hydroxyl groups is 2. The van der Waals surface area contributed by atoms with Gasteiger partial charge in [0.05, 0.1) is 18.3 Å². The predicted octanol–water partition coefficient (Wildman–Crippen LogP) is 4.40. The van der Waals surface area contributed by atoms with Crippen molar-refractivity contribution in [2.75, 3.05) is 13.7 Å². The van der Waals surface area contributed by atoms with Crippen molar-refractivity contribution >= 4 is 0 Å². The number of methoxy groups -OCH3 is 1. The Kier molecular flexibility index (Phi) is 5.20. The highest BCUT2D eigenvalue weighted by molar-refractivity contribution is 5.08. The van der Waals surface area contributed by atoms with Gasteiger partial charge in [0, 0.05) is 7.11 Å². The van der Waals surface area contributed by atoms with Crippen molar-refractivity contribution in [1.29, 1.82) is 0 Å². The molecule has 4 fully saturated rings. The SMILES string of the molecule is CC[C@]12CC[C@H]3[C@@H](CC[C@@H]4C[C@@](O)(COC)CC[C@@H]43)[C@@H]1CC[C@@H]2C(C)O. The van der Waals surface area contributed by atoms with Crippen LogP contribution < -0.4 is 0 Å². The maximum absolute atomic E-state index is 10.9. The minimum absolute atomic E-state index is 0.147. The molecule has 0 aromatic rings. The van der Waals surface area contributed by atoms with Gasteiger partial charge in [-0.2, -0.15) is 0 Å². The summed E-state index contributed by atoms with van der Waals surface area (Å²) in [6.45, 7) is 4.91. The van der Waals surface area contributed by atoms with Gasteiger partial charge in [-0.1, -0.05) is 6.92 Å². The predicted molar refractivity (Wildman–Crippen MR) is 104 cm³/mol. The molecule has 9 atom stereocenters. The lowest BCUT2D eigenvalue weighted by Crippen LogP contribution is -2.53. The van der Waals surface area contributed by atoms with Crippen LogP contribution in [-0.4, -0.2) is 35.6 Å². The molecule has 3 nitrogen and oxygen atoms in total. The lowest BCUT2D eigenvalue weighted by atomic mass is 9.48. The molecule has 0 heterocycles. The third kappa shape index (κ3) is 2.88. The first-order valence-corrected chi connectivity index (χ1v) is 11.3. The van der Waals surface area contributed by atoms with Gasteiger partial charge in [0.1, 0.15) is 0 Å². The molecule has 0 bridgehead atoms. The number of rotatable bonds is 4. The summed E-state index contributed by atoms with van der Waals surface area (Å²) in [5.41, 5.74) is -0.164. The Morgan fingerprint density at radius 3 is 2.46 bits per heavy atom. The van der Waals surface area contributed by atoms with E-state index in [0.717, 1.165) is 36.5 Å². The molecule has 26 heavy (non-hydrogen) atoms. The number of aliphatic hydroxyl groups excluding tert-OH is 1. The van der Waals surface area contributed by atoms with Gasteiger partial charge in [0.25, 0.3) is 0 Å². The largest absolute Gasteiger partial charge is 0.393 e. The van der Waals surface area contributed by atoms with Gasteiger partial charge in [-0.05, 0) is 112 Å². The molecule has 1 unspecified atom stereocenters. The van der Waals surface area contributed by atoms with E-state index in [1.165, 1.54) is 51.4 Å². The van der Waals surface area contributed by atoms with Crippen molar-refractivity contribution in [2.24, 2.45) is 40.9 Å². The molecule has 0 aliphatic heterocycles. The highest BCUT2D eigenvalue weighted by atomic mass is 16.5. The summed E-state index contributed by atoms with van der Waals surface area (Å²) in [5.74, 6) is 4.64. The van der Waals surface area contributed by atoms with Gasteiger partial charge < -0.3 is 14.9 Å². The summed E-state index contributed by atoms with van der Waals surface area (Å²) >= 11 is 0. The van der Waals surface area contributed by atoms with Crippen molar-refractivity contribution in [1.82, 2.24) is 0 Å². The van der Waals surface area contributed by atoms with E-state index >= 15 is 0 Å². The molecule has 0 saturated heterocycles. The van der Waals surface area contributed by atoms with E-state index in [1.807, 2.05) is 6.92 Å². The quantitative estimate of drug-likeness (QED) is 0.777. The maximum Gasteiger partial charge on any atom is 0.0882 e. The van der Waals surface area contributed by atoms with Gasteiger partial charge in [-0.3, -0.25) is 0 Å². The Morgan fingerprint density at radius 2 is 1.77 bits per heavy atom. The zero-order valence-electron chi connectivity index (χ0n) is 17.1. The number of ether oxygens (including phenoxy) is 1. The van der Waals surface area contributed by atoms with E-state index in [1.54, 1.807) is 7.11 Å². The minimum atomic E-state index is -0.574. The van der Waals surface area contributed by atoms with Crippen molar-refractivity contribution in [2.45, 2.75) is 89.8 Å². The lowest BCUT2D eigenvalue weighted by Gasteiger charge is -2.58. The Morgan fingerprint density at radius 1 is 1.00 bits per heavy atom. The maximum atomic E-state index is 10.9. The second-order valence-electron chi connectivity index (χ2n) is 10.4.